The molecular weight excluding hydrogens is 254 g/mol. The second-order valence-corrected chi connectivity index (χ2v) is 6.64. The summed E-state index contributed by atoms with van der Waals surface area (Å²) < 4.78 is 0. The fraction of sp³-hybridized carbons (Fsp3) is 0.400. The minimum absolute atomic E-state index is 0.150. The summed E-state index contributed by atoms with van der Waals surface area (Å²) >= 11 is 0. The van der Waals surface area contributed by atoms with Crippen LogP contribution in [-0.4, -0.2) is 6.54 Å². The van der Waals surface area contributed by atoms with E-state index in [2.05, 4.69) is 87.6 Å². The van der Waals surface area contributed by atoms with Crippen LogP contribution < -0.4 is 5.32 Å². The van der Waals surface area contributed by atoms with Crippen molar-refractivity contribution < 1.29 is 0 Å². The zero-order valence-corrected chi connectivity index (χ0v) is 13.7. The third-order valence-electron chi connectivity index (χ3n) is 3.81. The monoisotopic (exact) mass is 281 g/mol. The third kappa shape index (κ3) is 3.95. The molecule has 1 unspecified atom stereocenters. The lowest BCUT2D eigenvalue weighted by atomic mass is 9.80. The van der Waals surface area contributed by atoms with Crippen molar-refractivity contribution in [2.75, 3.05) is 6.54 Å². The van der Waals surface area contributed by atoms with Gasteiger partial charge in [0.25, 0.3) is 0 Å². The molecule has 0 aromatic heterocycles. The first-order chi connectivity index (χ1) is 10.0. The Morgan fingerprint density at radius 3 is 2.14 bits per heavy atom. The van der Waals surface area contributed by atoms with Gasteiger partial charge in [-0.3, -0.25) is 0 Å². The van der Waals surface area contributed by atoms with Crippen molar-refractivity contribution in [3.05, 3.63) is 71.3 Å². The van der Waals surface area contributed by atoms with Gasteiger partial charge in [0.1, 0.15) is 0 Å². The van der Waals surface area contributed by atoms with E-state index in [1.807, 2.05) is 0 Å². The molecule has 0 aliphatic heterocycles. The molecule has 1 heteroatoms. The number of rotatable bonds is 5. The van der Waals surface area contributed by atoms with Crippen LogP contribution >= 0.6 is 0 Å². The zero-order valence-electron chi connectivity index (χ0n) is 13.7. The summed E-state index contributed by atoms with van der Waals surface area (Å²) in [5.41, 5.74) is 4.30. The van der Waals surface area contributed by atoms with Crippen LogP contribution in [0.25, 0.3) is 0 Å². The van der Waals surface area contributed by atoms with Crippen LogP contribution in [0, 0.1) is 0 Å². The van der Waals surface area contributed by atoms with Gasteiger partial charge in [-0.15, -0.1) is 0 Å². The topological polar surface area (TPSA) is 12.0 Å². The Hall–Kier alpha value is -1.60. The molecule has 0 bridgehead atoms. The fourth-order valence-electron chi connectivity index (χ4n) is 2.77. The van der Waals surface area contributed by atoms with E-state index in [0.29, 0.717) is 0 Å². The van der Waals surface area contributed by atoms with Gasteiger partial charge in [0.15, 0.2) is 0 Å². The van der Waals surface area contributed by atoms with E-state index in [9.17, 15) is 0 Å². The molecule has 1 atom stereocenters. The molecule has 0 radical (unpaired) electrons. The van der Waals surface area contributed by atoms with E-state index in [1.165, 1.54) is 16.7 Å². The molecule has 0 aliphatic rings. The molecule has 21 heavy (non-hydrogen) atoms. The highest BCUT2D eigenvalue weighted by Gasteiger charge is 2.23. The van der Waals surface area contributed by atoms with Crippen molar-refractivity contribution in [2.24, 2.45) is 0 Å². The van der Waals surface area contributed by atoms with Gasteiger partial charge in [-0.2, -0.15) is 0 Å². The van der Waals surface area contributed by atoms with Crippen molar-refractivity contribution in [3.63, 3.8) is 0 Å². The summed E-state index contributed by atoms with van der Waals surface area (Å²) in [6, 6.07) is 19.8. The van der Waals surface area contributed by atoms with Gasteiger partial charge in [0.05, 0.1) is 6.04 Å². The number of hydrogen-bond donors (Lipinski definition) is 1. The summed E-state index contributed by atoms with van der Waals surface area (Å²) in [7, 11) is 0. The smallest absolute Gasteiger partial charge is 0.0579 e. The molecule has 0 aliphatic carbocycles. The highest BCUT2D eigenvalue weighted by atomic mass is 14.9. The Morgan fingerprint density at radius 1 is 0.905 bits per heavy atom. The molecule has 0 saturated heterocycles. The zero-order chi connectivity index (χ0) is 15.3. The summed E-state index contributed by atoms with van der Waals surface area (Å²) in [5, 5.41) is 3.71. The Morgan fingerprint density at radius 2 is 1.52 bits per heavy atom. The predicted molar refractivity (Wildman–Crippen MR) is 91.7 cm³/mol. The van der Waals surface area contributed by atoms with Crippen LogP contribution in [0.1, 0.15) is 56.8 Å². The van der Waals surface area contributed by atoms with E-state index in [1.54, 1.807) is 0 Å². The summed E-state index contributed by atoms with van der Waals surface area (Å²) in [4.78, 5) is 0. The Bertz CT molecular complexity index is 552. The number of hydrogen-bond acceptors (Lipinski definition) is 1. The van der Waals surface area contributed by atoms with Crippen LogP contribution in [0.2, 0.25) is 0 Å². The Labute approximate surface area is 129 Å². The van der Waals surface area contributed by atoms with Gasteiger partial charge in [-0.05, 0) is 35.1 Å². The molecule has 0 saturated carbocycles. The van der Waals surface area contributed by atoms with Crippen LogP contribution in [0.15, 0.2) is 54.6 Å². The maximum atomic E-state index is 3.71. The van der Waals surface area contributed by atoms with Crippen molar-refractivity contribution in [1.29, 1.82) is 0 Å². The van der Waals surface area contributed by atoms with Crippen molar-refractivity contribution in [2.45, 2.75) is 45.6 Å². The van der Waals surface area contributed by atoms with E-state index < -0.39 is 0 Å². The summed E-state index contributed by atoms with van der Waals surface area (Å²) in [6.45, 7) is 10.1. The van der Waals surface area contributed by atoms with Gasteiger partial charge in [-0.25, -0.2) is 0 Å². The quantitative estimate of drug-likeness (QED) is 0.806. The van der Waals surface area contributed by atoms with E-state index in [4.69, 9.17) is 0 Å². The molecule has 1 nitrogen and oxygen atoms in total. The second kappa shape index (κ2) is 6.91. The summed E-state index contributed by atoms with van der Waals surface area (Å²) in [6.07, 6.45) is 1.14. The van der Waals surface area contributed by atoms with Gasteiger partial charge < -0.3 is 5.32 Å². The second-order valence-electron chi connectivity index (χ2n) is 6.64. The van der Waals surface area contributed by atoms with Crippen molar-refractivity contribution in [1.82, 2.24) is 5.32 Å². The predicted octanol–water partition coefficient (Wildman–Crippen LogP) is 5.07. The van der Waals surface area contributed by atoms with Crippen LogP contribution in [0.5, 0.6) is 0 Å². The molecule has 1 N–H and O–H groups in total. The molecule has 2 aromatic carbocycles. The first kappa shape index (κ1) is 15.8. The van der Waals surface area contributed by atoms with Crippen LogP contribution in [0.3, 0.4) is 0 Å². The largest absolute Gasteiger partial charge is 0.306 e. The highest BCUT2D eigenvalue weighted by molar-refractivity contribution is 5.40. The highest BCUT2D eigenvalue weighted by Crippen LogP contribution is 2.32. The van der Waals surface area contributed by atoms with E-state index in [0.717, 1.165) is 13.0 Å². The molecule has 112 valence electrons. The van der Waals surface area contributed by atoms with Gasteiger partial charge in [0, 0.05) is 0 Å². The SMILES string of the molecule is CCCNC(c1ccccc1)c1ccccc1C(C)(C)C. The maximum absolute atomic E-state index is 3.71. The number of nitrogens with one attached hydrogen (secondary N) is 1. The van der Waals surface area contributed by atoms with Crippen LogP contribution in [0.4, 0.5) is 0 Å². The average molecular weight is 281 g/mol. The first-order valence-corrected chi connectivity index (χ1v) is 7.91. The summed E-state index contributed by atoms with van der Waals surface area (Å²) in [5.74, 6) is 0. The van der Waals surface area contributed by atoms with Gasteiger partial charge in [-0.1, -0.05) is 82.3 Å². The van der Waals surface area contributed by atoms with Crippen LogP contribution in [-0.2, 0) is 5.41 Å². The molecule has 2 aromatic rings. The standard InChI is InChI=1S/C20H27N/c1-5-15-21-19(16-11-7-6-8-12-16)17-13-9-10-14-18(17)20(2,3)4/h6-14,19,21H,5,15H2,1-4H3. The molecule has 0 amide bonds. The lowest BCUT2D eigenvalue weighted by Crippen LogP contribution is -2.26. The lowest BCUT2D eigenvalue weighted by Gasteiger charge is -2.28. The average Bonchev–Trinajstić information content (AvgIpc) is 2.48. The number of benzene rings is 2. The minimum Gasteiger partial charge on any atom is -0.306 e. The molecule has 2 rings (SSSR count). The minimum atomic E-state index is 0.150. The lowest BCUT2D eigenvalue weighted by molar-refractivity contribution is 0.548. The molecule has 0 fully saturated rings. The fourth-order valence-corrected chi connectivity index (χ4v) is 2.77. The van der Waals surface area contributed by atoms with Crippen molar-refractivity contribution in [3.8, 4) is 0 Å². The Balaban J connectivity index is 2.47. The molecule has 0 spiro atoms. The molecular formula is C20H27N. The molecule has 0 heterocycles. The normalized spacial score (nSPS) is 13.1. The first-order valence-electron chi connectivity index (χ1n) is 7.91. The maximum Gasteiger partial charge on any atom is 0.0579 e. The van der Waals surface area contributed by atoms with E-state index >= 15 is 0 Å². The Kier molecular flexibility index (Phi) is 5.19. The van der Waals surface area contributed by atoms with E-state index in [-0.39, 0.29) is 11.5 Å². The third-order valence-corrected chi connectivity index (χ3v) is 3.81. The van der Waals surface area contributed by atoms with Gasteiger partial charge >= 0.3 is 0 Å². The van der Waals surface area contributed by atoms with Crippen molar-refractivity contribution >= 4 is 0 Å². The van der Waals surface area contributed by atoms with Gasteiger partial charge in [0.2, 0.25) is 0 Å².